The Morgan fingerprint density at radius 1 is 1.28 bits per heavy atom. The molecule has 3 nitrogen and oxygen atoms in total. The van der Waals surface area contributed by atoms with Gasteiger partial charge in [-0.05, 0) is 56.3 Å². The molecule has 0 bridgehead atoms. The normalized spacial score (nSPS) is 19.1. The first-order valence-electron chi connectivity index (χ1n) is 6.94. The Morgan fingerprint density at radius 2 is 2.11 bits per heavy atom. The van der Waals surface area contributed by atoms with Crippen molar-refractivity contribution in [3.05, 3.63) is 29.8 Å². The highest BCUT2D eigenvalue weighted by Gasteiger charge is 2.12. The van der Waals surface area contributed by atoms with E-state index in [1.807, 2.05) is 24.3 Å². The molecule has 0 saturated carbocycles. The van der Waals surface area contributed by atoms with Crippen molar-refractivity contribution in [3.63, 3.8) is 0 Å². The molecular weight excluding hydrogens is 226 g/mol. The predicted octanol–water partition coefficient (Wildman–Crippen LogP) is 2.13. The Labute approximate surface area is 109 Å². The van der Waals surface area contributed by atoms with Gasteiger partial charge >= 0.3 is 0 Å². The van der Waals surface area contributed by atoms with Crippen molar-refractivity contribution in [2.24, 2.45) is 0 Å². The van der Waals surface area contributed by atoms with Gasteiger partial charge in [-0.25, -0.2) is 0 Å². The Morgan fingerprint density at radius 3 is 2.78 bits per heavy atom. The molecule has 18 heavy (non-hydrogen) atoms. The van der Waals surface area contributed by atoms with E-state index in [0.29, 0.717) is 12.5 Å². The van der Waals surface area contributed by atoms with Gasteiger partial charge < -0.3 is 15.2 Å². The molecule has 1 saturated heterocycles. The molecule has 1 aromatic carbocycles. The fourth-order valence-electron chi connectivity index (χ4n) is 2.40. The van der Waals surface area contributed by atoms with Crippen LogP contribution in [0.25, 0.3) is 0 Å². The van der Waals surface area contributed by atoms with Crippen LogP contribution in [0.15, 0.2) is 24.3 Å². The second-order valence-corrected chi connectivity index (χ2v) is 4.90. The van der Waals surface area contributed by atoms with Crippen LogP contribution in [0.2, 0.25) is 0 Å². The molecule has 0 aromatic heterocycles. The lowest BCUT2D eigenvalue weighted by Crippen LogP contribution is -2.21. The molecule has 1 atom stereocenters. The summed E-state index contributed by atoms with van der Waals surface area (Å²) in [6, 6.07) is 8.71. The predicted molar refractivity (Wildman–Crippen MR) is 73.0 cm³/mol. The zero-order valence-electron chi connectivity index (χ0n) is 10.9. The Hall–Kier alpha value is -1.06. The topological polar surface area (TPSA) is 41.5 Å². The molecule has 1 aliphatic rings. The zero-order valence-corrected chi connectivity index (χ0v) is 10.9. The number of rotatable bonds is 7. The lowest BCUT2D eigenvalue weighted by molar-refractivity contribution is 0.296. The average Bonchev–Trinajstić information content (AvgIpc) is 2.90. The van der Waals surface area contributed by atoms with Gasteiger partial charge in [0, 0.05) is 12.6 Å². The molecule has 1 unspecified atom stereocenters. The van der Waals surface area contributed by atoms with Crippen LogP contribution in [0, 0.1) is 0 Å². The summed E-state index contributed by atoms with van der Waals surface area (Å²) in [5.74, 6) is 0.927. The molecule has 1 fully saturated rings. The molecule has 2 rings (SSSR count). The van der Waals surface area contributed by atoms with Crippen LogP contribution in [0.4, 0.5) is 0 Å². The summed E-state index contributed by atoms with van der Waals surface area (Å²) in [4.78, 5) is 0. The quantitative estimate of drug-likeness (QED) is 0.727. The third kappa shape index (κ3) is 4.31. The Balaban J connectivity index is 1.63. The van der Waals surface area contributed by atoms with E-state index in [1.54, 1.807) is 0 Å². The molecule has 3 heteroatoms. The molecule has 0 aliphatic carbocycles. The van der Waals surface area contributed by atoms with Crippen LogP contribution < -0.4 is 10.1 Å². The van der Waals surface area contributed by atoms with E-state index >= 15 is 0 Å². The maximum atomic E-state index is 8.83. The van der Waals surface area contributed by atoms with Gasteiger partial charge in [0.25, 0.3) is 0 Å². The van der Waals surface area contributed by atoms with Crippen LogP contribution in [0.5, 0.6) is 5.75 Å². The van der Waals surface area contributed by atoms with Gasteiger partial charge in [-0.2, -0.15) is 0 Å². The monoisotopic (exact) mass is 249 g/mol. The molecule has 1 aliphatic heterocycles. The summed E-state index contributed by atoms with van der Waals surface area (Å²) < 4.78 is 5.71. The fourth-order valence-corrected chi connectivity index (χ4v) is 2.40. The maximum absolute atomic E-state index is 8.83. The zero-order chi connectivity index (χ0) is 12.6. The highest BCUT2D eigenvalue weighted by Crippen LogP contribution is 2.14. The number of ether oxygens (including phenoxy) is 1. The third-order valence-corrected chi connectivity index (χ3v) is 3.45. The summed E-state index contributed by atoms with van der Waals surface area (Å²) in [6.07, 6.45) is 5.67. The van der Waals surface area contributed by atoms with Crippen molar-refractivity contribution < 1.29 is 9.84 Å². The van der Waals surface area contributed by atoms with Crippen molar-refractivity contribution in [1.29, 1.82) is 0 Å². The van der Waals surface area contributed by atoms with Gasteiger partial charge in [-0.15, -0.1) is 0 Å². The second-order valence-electron chi connectivity index (χ2n) is 4.90. The highest BCUT2D eigenvalue weighted by molar-refractivity contribution is 5.27. The van der Waals surface area contributed by atoms with Gasteiger partial charge in [-0.3, -0.25) is 0 Å². The molecule has 100 valence electrons. The summed E-state index contributed by atoms with van der Waals surface area (Å²) in [7, 11) is 0. The van der Waals surface area contributed by atoms with Crippen LogP contribution in [0.3, 0.4) is 0 Å². The van der Waals surface area contributed by atoms with Crippen molar-refractivity contribution >= 4 is 0 Å². The number of benzene rings is 1. The maximum Gasteiger partial charge on any atom is 0.119 e. The minimum absolute atomic E-state index is 0.203. The first kappa shape index (κ1) is 13.4. The van der Waals surface area contributed by atoms with E-state index in [9.17, 15) is 0 Å². The average molecular weight is 249 g/mol. The van der Waals surface area contributed by atoms with E-state index in [2.05, 4.69) is 5.32 Å². The molecular formula is C15H23NO2. The van der Waals surface area contributed by atoms with E-state index in [4.69, 9.17) is 9.84 Å². The largest absolute Gasteiger partial charge is 0.494 e. The number of hydrogen-bond acceptors (Lipinski definition) is 3. The Kier molecular flexibility index (Phi) is 5.49. The minimum Gasteiger partial charge on any atom is -0.494 e. The van der Waals surface area contributed by atoms with Gasteiger partial charge in [0.2, 0.25) is 0 Å². The summed E-state index contributed by atoms with van der Waals surface area (Å²) >= 11 is 0. The number of aliphatic hydroxyl groups excluding tert-OH is 1. The van der Waals surface area contributed by atoms with Gasteiger partial charge in [-0.1, -0.05) is 12.1 Å². The van der Waals surface area contributed by atoms with E-state index in [0.717, 1.165) is 24.3 Å². The molecule has 0 amide bonds. The number of nitrogens with one attached hydrogen (secondary N) is 1. The van der Waals surface area contributed by atoms with Crippen molar-refractivity contribution in [1.82, 2.24) is 5.32 Å². The van der Waals surface area contributed by atoms with Gasteiger partial charge in [0.05, 0.1) is 6.61 Å². The van der Waals surface area contributed by atoms with Crippen molar-refractivity contribution in [3.8, 4) is 5.75 Å². The van der Waals surface area contributed by atoms with E-state index < -0.39 is 0 Å². The molecule has 1 heterocycles. The molecule has 2 N–H and O–H groups in total. The smallest absolute Gasteiger partial charge is 0.119 e. The first-order chi connectivity index (χ1) is 8.88. The lowest BCUT2D eigenvalue weighted by Gasteiger charge is -2.10. The number of aliphatic hydroxyl groups is 1. The summed E-state index contributed by atoms with van der Waals surface area (Å²) in [5.41, 5.74) is 1.15. The van der Waals surface area contributed by atoms with Crippen molar-refractivity contribution in [2.75, 3.05) is 19.8 Å². The molecule has 0 radical (unpaired) electrons. The van der Waals surface area contributed by atoms with Crippen LogP contribution in [-0.4, -0.2) is 30.9 Å². The highest BCUT2D eigenvalue weighted by atomic mass is 16.5. The molecule has 0 spiro atoms. The Bertz CT molecular complexity index is 331. The first-order valence-corrected chi connectivity index (χ1v) is 6.94. The van der Waals surface area contributed by atoms with Crippen LogP contribution in [-0.2, 0) is 6.42 Å². The van der Waals surface area contributed by atoms with Crippen LogP contribution >= 0.6 is 0 Å². The number of hydrogen-bond donors (Lipinski definition) is 2. The van der Waals surface area contributed by atoms with Crippen molar-refractivity contribution in [2.45, 2.75) is 38.1 Å². The lowest BCUT2D eigenvalue weighted by atomic mass is 10.1. The molecule has 1 aromatic rings. The summed E-state index contributed by atoms with van der Waals surface area (Å²) in [6.45, 7) is 2.17. The van der Waals surface area contributed by atoms with E-state index in [1.165, 1.54) is 25.8 Å². The standard InChI is InChI=1S/C15H23NO2/c17-11-9-13-5-7-15(8-6-13)18-12-2-4-14-3-1-10-16-14/h5-8,14,16-17H,1-4,9-12H2. The van der Waals surface area contributed by atoms with Crippen LogP contribution in [0.1, 0.15) is 31.2 Å². The van der Waals surface area contributed by atoms with E-state index in [-0.39, 0.29) is 6.61 Å². The van der Waals surface area contributed by atoms with Gasteiger partial charge in [0.1, 0.15) is 5.75 Å². The second kappa shape index (κ2) is 7.39. The van der Waals surface area contributed by atoms with Gasteiger partial charge in [0.15, 0.2) is 0 Å². The third-order valence-electron chi connectivity index (χ3n) is 3.45. The fraction of sp³-hybridized carbons (Fsp3) is 0.600. The SMILES string of the molecule is OCCc1ccc(OCCCC2CCCN2)cc1. The minimum atomic E-state index is 0.203. The summed E-state index contributed by atoms with van der Waals surface area (Å²) in [5, 5.41) is 12.3.